The van der Waals surface area contributed by atoms with E-state index in [1.807, 2.05) is 11.9 Å². The highest BCUT2D eigenvalue weighted by molar-refractivity contribution is 6.45. The summed E-state index contributed by atoms with van der Waals surface area (Å²) in [7, 11) is 5.48. The molecule has 0 aliphatic carbocycles. The normalized spacial score (nSPS) is 18.1. The maximum atomic E-state index is 13.6. The van der Waals surface area contributed by atoms with Gasteiger partial charge in [0.2, 0.25) is 0 Å². The van der Waals surface area contributed by atoms with E-state index in [1.165, 1.54) is 24.1 Å². The number of anilines is 1. The summed E-state index contributed by atoms with van der Waals surface area (Å²) < 4.78 is 18.8. The summed E-state index contributed by atoms with van der Waals surface area (Å²) >= 11 is 0. The minimum absolute atomic E-state index is 0.142. The van der Waals surface area contributed by atoms with Crippen molar-refractivity contribution < 1.29 is 18.7 Å². The lowest BCUT2D eigenvalue weighted by Gasteiger charge is -2.36. The van der Waals surface area contributed by atoms with Crippen LogP contribution in [0.15, 0.2) is 54.2 Å². The van der Waals surface area contributed by atoms with Crippen molar-refractivity contribution in [1.29, 1.82) is 0 Å². The highest BCUT2D eigenvalue weighted by Crippen LogP contribution is 2.37. The van der Waals surface area contributed by atoms with Gasteiger partial charge in [-0.2, -0.15) is 0 Å². The van der Waals surface area contributed by atoms with Gasteiger partial charge in [-0.15, -0.1) is 0 Å². The zero-order valence-corrected chi connectivity index (χ0v) is 18.0. The number of hydrogen-bond donors (Lipinski definition) is 0. The van der Waals surface area contributed by atoms with Gasteiger partial charge in [-0.3, -0.25) is 9.59 Å². The first-order chi connectivity index (χ1) is 14.9. The second-order valence-electron chi connectivity index (χ2n) is 8.02. The predicted molar refractivity (Wildman–Crippen MR) is 117 cm³/mol. The van der Waals surface area contributed by atoms with Gasteiger partial charge < -0.3 is 14.5 Å². The quantitative estimate of drug-likeness (QED) is 0.692. The molecule has 6 nitrogen and oxygen atoms in total. The molecule has 2 aliphatic rings. The predicted octanol–water partition coefficient (Wildman–Crippen LogP) is 3.14. The first kappa shape index (κ1) is 21.1. The van der Waals surface area contributed by atoms with Crippen molar-refractivity contribution in [3.05, 3.63) is 65.6 Å². The average molecular weight is 423 g/mol. The molecule has 0 radical (unpaired) electrons. The minimum Gasteiger partial charge on any atom is -0.497 e. The van der Waals surface area contributed by atoms with Crippen molar-refractivity contribution in [3.63, 3.8) is 0 Å². The molecule has 1 saturated heterocycles. The lowest BCUT2D eigenvalue weighted by Crippen LogP contribution is -2.43. The Balaban J connectivity index is 1.78. The fourth-order valence-corrected chi connectivity index (χ4v) is 4.27. The molecule has 0 bridgehead atoms. The number of hydrogen-bond acceptors (Lipinski definition) is 5. The molecule has 2 heterocycles. The maximum absolute atomic E-state index is 13.6. The average Bonchev–Trinajstić information content (AvgIpc) is 3.04. The summed E-state index contributed by atoms with van der Waals surface area (Å²) in [6, 6.07) is 12.7. The number of ether oxygens (including phenoxy) is 1. The van der Waals surface area contributed by atoms with E-state index in [4.69, 9.17) is 4.74 Å². The fourth-order valence-electron chi connectivity index (χ4n) is 4.27. The number of halogens is 1. The number of imide groups is 1. The van der Waals surface area contributed by atoms with Gasteiger partial charge >= 0.3 is 0 Å². The van der Waals surface area contributed by atoms with E-state index in [0.717, 1.165) is 25.9 Å². The van der Waals surface area contributed by atoms with Gasteiger partial charge in [0.1, 0.15) is 17.3 Å². The van der Waals surface area contributed by atoms with Crippen LogP contribution in [0.5, 0.6) is 5.75 Å². The van der Waals surface area contributed by atoms with Gasteiger partial charge in [-0.05, 0) is 62.8 Å². The third-order valence-corrected chi connectivity index (χ3v) is 6.09. The highest BCUT2D eigenvalue weighted by Gasteiger charge is 2.43. The Bertz CT molecular complexity index is 1030. The van der Waals surface area contributed by atoms with Crippen LogP contribution in [0.2, 0.25) is 0 Å². The van der Waals surface area contributed by atoms with Gasteiger partial charge in [0.25, 0.3) is 11.8 Å². The second-order valence-corrected chi connectivity index (χ2v) is 8.02. The lowest BCUT2D eigenvalue weighted by molar-refractivity contribution is -0.120. The summed E-state index contributed by atoms with van der Waals surface area (Å²) in [4.78, 5) is 32.5. The molecule has 0 saturated carbocycles. The number of benzene rings is 2. The molecular formula is C24H26FN3O3. The fraction of sp³-hybridized carbons (Fsp3) is 0.333. The lowest BCUT2D eigenvalue weighted by atomic mass is 10.00. The van der Waals surface area contributed by atoms with Gasteiger partial charge in [-0.25, -0.2) is 9.29 Å². The van der Waals surface area contributed by atoms with Gasteiger partial charge in [-0.1, -0.05) is 18.2 Å². The highest BCUT2D eigenvalue weighted by atomic mass is 19.1. The second kappa shape index (κ2) is 8.51. The molecule has 0 atom stereocenters. The van der Waals surface area contributed by atoms with Crippen LogP contribution in [-0.4, -0.2) is 62.0 Å². The number of amides is 2. The molecule has 0 N–H and O–H groups in total. The van der Waals surface area contributed by atoms with E-state index in [0.29, 0.717) is 28.3 Å². The molecule has 4 rings (SSSR count). The standard InChI is InChI=1S/C24H26FN3O3/c1-26-13-11-18(12-14-26)27(2)22-21(16-7-9-17(25)10-8-16)23(29)28(24(22)30)19-5-4-6-20(15-19)31-3/h4-10,15,18H,11-14H2,1-3H3. The van der Waals surface area contributed by atoms with E-state index in [-0.39, 0.29) is 11.9 Å². The summed E-state index contributed by atoms with van der Waals surface area (Å²) in [5, 5.41) is 0. The van der Waals surface area contributed by atoms with E-state index in [1.54, 1.807) is 36.4 Å². The Morgan fingerprint density at radius 1 is 1.03 bits per heavy atom. The number of piperidine rings is 1. The summed E-state index contributed by atoms with van der Waals surface area (Å²) in [5.41, 5.74) is 1.63. The van der Waals surface area contributed by atoms with E-state index in [2.05, 4.69) is 11.9 Å². The number of likely N-dealkylation sites (N-methyl/N-ethyl adjacent to an activating group) is 1. The number of methoxy groups -OCH3 is 1. The Labute approximate surface area is 181 Å². The monoisotopic (exact) mass is 423 g/mol. The maximum Gasteiger partial charge on any atom is 0.282 e. The number of rotatable bonds is 5. The van der Waals surface area contributed by atoms with Crippen LogP contribution in [0.3, 0.4) is 0 Å². The molecule has 0 spiro atoms. The van der Waals surface area contributed by atoms with Crippen LogP contribution in [-0.2, 0) is 9.59 Å². The summed E-state index contributed by atoms with van der Waals surface area (Å²) in [6.07, 6.45) is 1.79. The largest absolute Gasteiger partial charge is 0.497 e. The topological polar surface area (TPSA) is 53.1 Å². The van der Waals surface area contributed by atoms with E-state index >= 15 is 0 Å². The van der Waals surface area contributed by atoms with Crippen molar-refractivity contribution in [1.82, 2.24) is 9.80 Å². The number of carbonyl (C=O) groups excluding carboxylic acids is 2. The van der Waals surface area contributed by atoms with Gasteiger partial charge in [0.15, 0.2) is 0 Å². The van der Waals surface area contributed by atoms with Gasteiger partial charge in [0, 0.05) is 19.2 Å². The van der Waals surface area contributed by atoms with Crippen LogP contribution in [0.4, 0.5) is 10.1 Å². The number of carbonyl (C=O) groups is 2. The SMILES string of the molecule is COc1cccc(N2C(=O)C(c3ccc(F)cc3)=C(N(C)C3CCN(C)CC3)C2=O)c1. The van der Waals surface area contributed by atoms with Crippen molar-refractivity contribution in [2.24, 2.45) is 0 Å². The van der Waals surface area contributed by atoms with Crippen LogP contribution >= 0.6 is 0 Å². The summed E-state index contributed by atoms with van der Waals surface area (Å²) in [5.74, 6) is -0.631. The van der Waals surface area contributed by atoms with Gasteiger partial charge in [0.05, 0.1) is 18.4 Å². The Hall–Kier alpha value is -3.19. The smallest absolute Gasteiger partial charge is 0.282 e. The molecule has 162 valence electrons. The Morgan fingerprint density at radius 2 is 1.71 bits per heavy atom. The number of nitrogens with zero attached hydrogens (tertiary/aromatic N) is 3. The zero-order valence-electron chi connectivity index (χ0n) is 18.0. The van der Waals surface area contributed by atoms with Crippen LogP contribution in [0.1, 0.15) is 18.4 Å². The van der Waals surface area contributed by atoms with Crippen LogP contribution in [0.25, 0.3) is 5.57 Å². The third-order valence-electron chi connectivity index (χ3n) is 6.09. The third kappa shape index (κ3) is 3.93. The number of likely N-dealkylation sites (tertiary alicyclic amines) is 1. The van der Waals surface area contributed by atoms with Crippen molar-refractivity contribution in [3.8, 4) is 5.75 Å². The molecule has 2 aromatic carbocycles. The molecule has 31 heavy (non-hydrogen) atoms. The zero-order chi connectivity index (χ0) is 22.1. The molecule has 1 fully saturated rings. The Kier molecular flexibility index (Phi) is 5.78. The van der Waals surface area contributed by atoms with Crippen molar-refractivity contribution >= 4 is 23.1 Å². The van der Waals surface area contributed by atoms with E-state index in [9.17, 15) is 14.0 Å². The van der Waals surface area contributed by atoms with Crippen LogP contribution < -0.4 is 9.64 Å². The molecule has 2 aliphatic heterocycles. The Morgan fingerprint density at radius 3 is 2.35 bits per heavy atom. The molecular weight excluding hydrogens is 397 g/mol. The minimum atomic E-state index is -0.417. The molecule has 0 unspecified atom stereocenters. The molecule has 2 amide bonds. The molecule has 2 aromatic rings. The van der Waals surface area contributed by atoms with E-state index < -0.39 is 11.7 Å². The molecule has 0 aromatic heterocycles. The van der Waals surface area contributed by atoms with Crippen molar-refractivity contribution in [2.45, 2.75) is 18.9 Å². The first-order valence-corrected chi connectivity index (χ1v) is 10.3. The van der Waals surface area contributed by atoms with Crippen molar-refractivity contribution in [2.75, 3.05) is 39.2 Å². The van der Waals surface area contributed by atoms with Crippen LogP contribution in [0, 0.1) is 5.82 Å². The first-order valence-electron chi connectivity index (χ1n) is 10.3. The summed E-state index contributed by atoms with van der Waals surface area (Å²) in [6.45, 7) is 1.85. The molecule has 7 heteroatoms.